The lowest BCUT2D eigenvalue weighted by atomic mass is 10.0. The number of hydrogen-bond donors (Lipinski definition) is 7. The summed E-state index contributed by atoms with van der Waals surface area (Å²) in [5, 5.41) is 25.4. The average Bonchev–Trinajstić information content (AvgIpc) is 2.63. The molecule has 0 aliphatic rings. The summed E-state index contributed by atoms with van der Waals surface area (Å²) in [7, 11) is 0. The molecule has 9 N–H and O–H groups in total. The molecule has 0 aliphatic carbocycles. The summed E-state index contributed by atoms with van der Waals surface area (Å²) in [6, 6.07) is -4.25. The number of nitrogens with one attached hydrogen (secondary N) is 3. The number of rotatable bonds is 13. The molecule has 3 amide bonds. The largest absolute Gasteiger partial charge is 0.480 e. The molecule has 0 rings (SSSR count). The number of carbonyl (C=O) groups is 4. The first kappa shape index (κ1) is 25.8. The molecule has 0 radical (unpaired) electrons. The van der Waals surface area contributed by atoms with Gasteiger partial charge in [-0.1, -0.05) is 13.8 Å². The van der Waals surface area contributed by atoms with Crippen molar-refractivity contribution in [2.45, 2.75) is 64.2 Å². The van der Waals surface area contributed by atoms with E-state index in [1.54, 1.807) is 13.8 Å². The SMILES string of the molecule is CC(NC(=O)C(CCCCN)NC(=O)C(N)CO)C(=O)NC(C(=O)O)C(C)C. The summed E-state index contributed by atoms with van der Waals surface area (Å²) >= 11 is 0. The van der Waals surface area contributed by atoms with Gasteiger partial charge in [-0.05, 0) is 38.6 Å². The fourth-order valence-corrected chi connectivity index (χ4v) is 2.29. The van der Waals surface area contributed by atoms with Gasteiger partial charge in [0.15, 0.2) is 0 Å². The molecule has 0 heterocycles. The third-order valence-electron chi connectivity index (χ3n) is 4.10. The summed E-state index contributed by atoms with van der Waals surface area (Å²) in [5.41, 5.74) is 10.9. The Morgan fingerprint density at radius 2 is 1.54 bits per heavy atom. The van der Waals surface area contributed by atoms with Gasteiger partial charge in [0.05, 0.1) is 6.61 Å². The topological polar surface area (TPSA) is 197 Å². The Balaban J connectivity index is 4.98. The molecule has 0 saturated heterocycles. The van der Waals surface area contributed by atoms with Crippen molar-refractivity contribution in [3.63, 3.8) is 0 Å². The Morgan fingerprint density at radius 1 is 0.929 bits per heavy atom. The number of aliphatic carboxylic acids is 1. The normalized spacial score (nSPS) is 15.2. The predicted molar refractivity (Wildman–Crippen MR) is 102 cm³/mol. The highest BCUT2D eigenvalue weighted by Gasteiger charge is 2.29. The summed E-state index contributed by atoms with van der Waals surface area (Å²) in [5.74, 6) is -3.49. The van der Waals surface area contributed by atoms with Crippen LogP contribution in [-0.2, 0) is 19.2 Å². The quantitative estimate of drug-likeness (QED) is 0.166. The first-order chi connectivity index (χ1) is 13.0. The van der Waals surface area contributed by atoms with Gasteiger partial charge in [0.25, 0.3) is 0 Å². The van der Waals surface area contributed by atoms with E-state index in [9.17, 15) is 19.2 Å². The van der Waals surface area contributed by atoms with E-state index >= 15 is 0 Å². The minimum absolute atomic E-state index is 0.269. The molecular weight excluding hydrogens is 370 g/mol. The number of nitrogens with two attached hydrogens (primary N) is 2. The molecule has 0 bridgehead atoms. The fraction of sp³-hybridized carbons (Fsp3) is 0.765. The number of aliphatic hydroxyl groups excluding tert-OH is 1. The molecule has 0 saturated carbocycles. The molecule has 4 unspecified atom stereocenters. The molecule has 0 aromatic heterocycles. The van der Waals surface area contributed by atoms with E-state index in [4.69, 9.17) is 21.7 Å². The van der Waals surface area contributed by atoms with E-state index in [1.807, 2.05) is 0 Å². The van der Waals surface area contributed by atoms with E-state index in [0.717, 1.165) is 0 Å². The summed E-state index contributed by atoms with van der Waals surface area (Å²) in [6.45, 7) is 4.55. The Labute approximate surface area is 164 Å². The van der Waals surface area contributed by atoms with Gasteiger partial charge in [-0.2, -0.15) is 0 Å². The maximum Gasteiger partial charge on any atom is 0.326 e. The maximum atomic E-state index is 12.5. The summed E-state index contributed by atoms with van der Waals surface area (Å²) < 4.78 is 0. The summed E-state index contributed by atoms with van der Waals surface area (Å²) in [4.78, 5) is 47.8. The molecule has 0 spiro atoms. The standard InChI is InChI=1S/C17H33N5O6/c1-9(2)13(17(27)28)22-14(24)10(3)20-16(26)12(6-4-5-7-18)21-15(25)11(19)8-23/h9-13,23H,4-8,18-19H2,1-3H3,(H,20,26)(H,21,25)(H,22,24)(H,27,28). The molecule has 0 fully saturated rings. The van der Waals surface area contributed by atoms with Crippen LogP contribution in [0.15, 0.2) is 0 Å². The highest BCUT2D eigenvalue weighted by molar-refractivity contribution is 5.93. The zero-order valence-electron chi connectivity index (χ0n) is 16.6. The number of aliphatic hydroxyl groups is 1. The van der Waals surface area contributed by atoms with Crippen molar-refractivity contribution in [2.75, 3.05) is 13.2 Å². The van der Waals surface area contributed by atoms with Crippen LogP contribution in [-0.4, -0.2) is 71.2 Å². The van der Waals surface area contributed by atoms with E-state index in [1.165, 1.54) is 6.92 Å². The van der Waals surface area contributed by atoms with Gasteiger partial charge in [0.2, 0.25) is 17.7 Å². The van der Waals surface area contributed by atoms with Crippen molar-refractivity contribution in [1.29, 1.82) is 0 Å². The third kappa shape index (κ3) is 9.11. The van der Waals surface area contributed by atoms with Gasteiger partial charge in [-0.25, -0.2) is 4.79 Å². The van der Waals surface area contributed by atoms with E-state index in [-0.39, 0.29) is 12.3 Å². The second-order valence-electron chi connectivity index (χ2n) is 6.93. The third-order valence-corrected chi connectivity index (χ3v) is 4.10. The van der Waals surface area contributed by atoms with Crippen molar-refractivity contribution in [3.8, 4) is 0 Å². The molecule has 4 atom stereocenters. The Bertz CT molecular complexity index is 542. The minimum atomic E-state index is -1.17. The van der Waals surface area contributed by atoms with E-state index in [2.05, 4.69) is 16.0 Å². The number of carboxylic acids is 1. The Kier molecular flexibility index (Phi) is 12.0. The predicted octanol–water partition coefficient (Wildman–Crippen LogP) is -2.35. The molecule has 0 aromatic carbocycles. The summed E-state index contributed by atoms with van der Waals surface area (Å²) in [6.07, 6.45) is 1.46. The average molecular weight is 403 g/mol. The van der Waals surface area contributed by atoms with E-state index in [0.29, 0.717) is 19.4 Å². The zero-order valence-corrected chi connectivity index (χ0v) is 16.6. The molecule has 11 nitrogen and oxygen atoms in total. The molecule has 0 aliphatic heterocycles. The van der Waals surface area contributed by atoms with Gasteiger partial charge in [0, 0.05) is 0 Å². The second kappa shape index (κ2) is 13.0. The van der Waals surface area contributed by atoms with Crippen LogP contribution in [0.1, 0.15) is 40.0 Å². The van der Waals surface area contributed by atoms with Crippen LogP contribution in [0.3, 0.4) is 0 Å². The second-order valence-corrected chi connectivity index (χ2v) is 6.93. The van der Waals surface area contributed by atoms with Gasteiger partial charge in [0.1, 0.15) is 24.2 Å². The van der Waals surface area contributed by atoms with Crippen LogP contribution in [0.25, 0.3) is 0 Å². The number of carboxylic acid groups (broad SMARTS) is 1. The molecule has 0 aromatic rings. The van der Waals surface area contributed by atoms with Gasteiger partial charge >= 0.3 is 5.97 Å². The Hall–Kier alpha value is -2.24. The van der Waals surface area contributed by atoms with Crippen LogP contribution >= 0.6 is 0 Å². The smallest absolute Gasteiger partial charge is 0.326 e. The number of unbranched alkanes of at least 4 members (excludes halogenated alkanes) is 1. The van der Waals surface area contributed by atoms with Gasteiger partial charge in [-0.3, -0.25) is 14.4 Å². The van der Waals surface area contributed by atoms with Gasteiger partial charge in [-0.15, -0.1) is 0 Å². The molecule has 11 heteroatoms. The van der Waals surface area contributed by atoms with Crippen LogP contribution in [0.2, 0.25) is 0 Å². The molecular formula is C17H33N5O6. The van der Waals surface area contributed by atoms with Crippen molar-refractivity contribution in [1.82, 2.24) is 16.0 Å². The lowest BCUT2D eigenvalue weighted by molar-refractivity contribution is -0.143. The highest BCUT2D eigenvalue weighted by Crippen LogP contribution is 2.04. The Morgan fingerprint density at radius 3 is 2.00 bits per heavy atom. The first-order valence-electron chi connectivity index (χ1n) is 9.25. The lowest BCUT2D eigenvalue weighted by Crippen LogP contribution is -2.57. The van der Waals surface area contributed by atoms with Gasteiger partial charge < -0.3 is 37.6 Å². The van der Waals surface area contributed by atoms with Crippen molar-refractivity contribution in [3.05, 3.63) is 0 Å². The molecule has 28 heavy (non-hydrogen) atoms. The van der Waals surface area contributed by atoms with Crippen LogP contribution < -0.4 is 27.4 Å². The number of hydrogen-bond acceptors (Lipinski definition) is 7. The number of carbonyl (C=O) groups excluding carboxylic acids is 3. The van der Waals surface area contributed by atoms with Crippen molar-refractivity contribution < 1.29 is 29.4 Å². The first-order valence-corrected chi connectivity index (χ1v) is 9.25. The van der Waals surface area contributed by atoms with Crippen LogP contribution in [0, 0.1) is 5.92 Å². The molecule has 162 valence electrons. The lowest BCUT2D eigenvalue weighted by Gasteiger charge is -2.24. The number of amides is 3. The highest BCUT2D eigenvalue weighted by atomic mass is 16.4. The van der Waals surface area contributed by atoms with Crippen molar-refractivity contribution in [2.24, 2.45) is 17.4 Å². The fourth-order valence-electron chi connectivity index (χ4n) is 2.29. The van der Waals surface area contributed by atoms with Crippen molar-refractivity contribution >= 4 is 23.7 Å². The van der Waals surface area contributed by atoms with Crippen LogP contribution in [0.5, 0.6) is 0 Å². The zero-order chi connectivity index (χ0) is 21.9. The van der Waals surface area contributed by atoms with E-state index < -0.39 is 54.5 Å². The minimum Gasteiger partial charge on any atom is -0.480 e. The van der Waals surface area contributed by atoms with Crippen LogP contribution in [0.4, 0.5) is 0 Å². The maximum absolute atomic E-state index is 12.5. The monoisotopic (exact) mass is 403 g/mol.